The second-order valence-electron chi connectivity index (χ2n) is 9.44. The molecule has 2 heterocycles. The van der Waals surface area contributed by atoms with E-state index in [4.69, 9.17) is 4.74 Å². The molecule has 0 aromatic rings. The van der Waals surface area contributed by atoms with Gasteiger partial charge in [0.05, 0.1) is 30.7 Å². The van der Waals surface area contributed by atoms with Gasteiger partial charge in [0.15, 0.2) is 9.84 Å². The molecular weight excluding hydrogens is 378 g/mol. The van der Waals surface area contributed by atoms with Gasteiger partial charge in [-0.1, -0.05) is 32.1 Å². The van der Waals surface area contributed by atoms with Crippen LogP contribution in [0.15, 0.2) is 0 Å². The Kier molecular flexibility index (Phi) is 5.91. The molecule has 7 nitrogen and oxygen atoms in total. The van der Waals surface area contributed by atoms with E-state index in [9.17, 15) is 13.2 Å². The zero-order valence-corrected chi connectivity index (χ0v) is 17.9. The van der Waals surface area contributed by atoms with Gasteiger partial charge in [-0.25, -0.2) is 13.2 Å². The van der Waals surface area contributed by atoms with Gasteiger partial charge in [-0.3, -0.25) is 0 Å². The monoisotopic (exact) mass is 413 g/mol. The fourth-order valence-corrected chi connectivity index (χ4v) is 7.34. The summed E-state index contributed by atoms with van der Waals surface area (Å²) in [5.41, 5.74) is -0.689. The topological polar surface area (TPSA) is 79.0 Å². The van der Waals surface area contributed by atoms with Gasteiger partial charge in [-0.05, 0) is 32.7 Å². The van der Waals surface area contributed by atoms with E-state index in [1.54, 1.807) is 4.90 Å². The van der Waals surface area contributed by atoms with Crippen molar-refractivity contribution in [3.05, 3.63) is 0 Å². The molecule has 28 heavy (non-hydrogen) atoms. The number of nitrogens with one attached hydrogen (secondary N) is 1. The lowest BCUT2D eigenvalue weighted by molar-refractivity contribution is -0.119. The largest absolute Gasteiger partial charge is 0.369 e. The van der Waals surface area contributed by atoms with E-state index in [0.29, 0.717) is 25.7 Å². The van der Waals surface area contributed by atoms with E-state index < -0.39 is 20.7 Å². The number of carbonyl (C=O) groups excluding carboxylic acids is 1. The summed E-state index contributed by atoms with van der Waals surface area (Å²) < 4.78 is 31.9. The summed E-state index contributed by atoms with van der Waals surface area (Å²) in [5.74, 6) is 0.0381. The fourth-order valence-electron chi connectivity index (χ4n) is 5.37. The number of rotatable bonds is 4. The first kappa shape index (κ1) is 20.4. The number of hydrogen-bond donors (Lipinski definition) is 1. The molecule has 1 spiro atoms. The standard InChI is InChI=1S/C20H35N3O4S/c1-22(17-9-3-2-4-10-17)11-18-12-27-20(15-28(18,25)26)13-23(14-20)19(24)21-16-7-5-6-8-16/h16-18H,2-15H2,1H3,(H,21,24)/t18-/m0/s1. The minimum atomic E-state index is -3.22. The normalized spacial score (nSPS) is 30.5. The van der Waals surface area contributed by atoms with Crippen LogP contribution < -0.4 is 5.32 Å². The van der Waals surface area contributed by atoms with Crippen LogP contribution in [0.4, 0.5) is 4.79 Å². The van der Waals surface area contributed by atoms with Gasteiger partial charge in [-0.15, -0.1) is 0 Å². The molecule has 4 fully saturated rings. The van der Waals surface area contributed by atoms with Gasteiger partial charge in [-0.2, -0.15) is 0 Å². The van der Waals surface area contributed by atoms with E-state index in [0.717, 1.165) is 12.8 Å². The Bertz CT molecular complexity index is 665. The highest BCUT2D eigenvalue weighted by molar-refractivity contribution is 7.92. The van der Waals surface area contributed by atoms with Crippen molar-refractivity contribution in [1.29, 1.82) is 0 Å². The van der Waals surface area contributed by atoms with Gasteiger partial charge in [0, 0.05) is 18.6 Å². The van der Waals surface area contributed by atoms with Crippen LogP contribution in [-0.4, -0.2) is 86.2 Å². The molecule has 0 unspecified atom stereocenters. The molecule has 0 aromatic heterocycles. The summed E-state index contributed by atoms with van der Waals surface area (Å²) in [6.45, 7) is 1.57. The highest BCUT2D eigenvalue weighted by Gasteiger charge is 2.54. The first-order chi connectivity index (χ1) is 13.4. The van der Waals surface area contributed by atoms with Crippen LogP contribution in [0, 0.1) is 0 Å². The number of urea groups is 1. The minimum absolute atomic E-state index is 0.0381. The molecule has 8 heteroatoms. The van der Waals surface area contributed by atoms with Crippen LogP contribution in [0.1, 0.15) is 57.8 Å². The van der Waals surface area contributed by atoms with Crippen LogP contribution in [-0.2, 0) is 14.6 Å². The summed E-state index contributed by atoms with van der Waals surface area (Å²) in [7, 11) is -1.17. The average molecular weight is 414 g/mol. The van der Waals surface area contributed by atoms with Crippen molar-refractivity contribution in [2.45, 2.75) is 80.7 Å². The van der Waals surface area contributed by atoms with Crippen molar-refractivity contribution in [3.8, 4) is 0 Å². The molecule has 2 aliphatic heterocycles. The van der Waals surface area contributed by atoms with Gasteiger partial charge in [0.25, 0.3) is 0 Å². The summed E-state index contributed by atoms with van der Waals surface area (Å²) in [6.07, 6.45) is 10.5. The zero-order valence-electron chi connectivity index (χ0n) is 17.1. The summed E-state index contributed by atoms with van der Waals surface area (Å²) in [5, 5.41) is 2.62. The van der Waals surface area contributed by atoms with Gasteiger partial charge >= 0.3 is 6.03 Å². The number of hydrogen-bond acceptors (Lipinski definition) is 5. The Morgan fingerprint density at radius 3 is 2.39 bits per heavy atom. The molecule has 1 N–H and O–H groups in total. The molecule has 2 amide bonds. The quantitative estimate of drug-likeness (QED) is 0.760. The van der Waals surface area contributed by atoms with Crippen LogP contribution >= 0.6 is 0 Å². The van der Waals surface area contributed by atoms with Crippen molar-refractivity contribution < 1.29 is 17.9 Å². The number of likely N-dealkylation sites (tertiary alicyclic amines) is 1. The van der Waals surface area contributed by atoms with Crippen molar-refractivity contribution in [3.63, 3.8) is 0 Å². The Morgan fingerprint density at radius 2 is 1.75 bits per heavy atom. The number of sulfone groups is 1. The lowest BCUT2D eigenvalue weighted by Gasteiger charge is -2.52. The van der Waals surface area contributed by atoms with Crippen LogP contribution in [0.5, 0.6) is 0 Å². The first-order valence-electron chi connectivity index (χ1n) is 11.0. The molecule has 1 atom stereocenters. The maximum Gasteiger partial charge on any atom is 0.317 e. The minimum Gasteiger partial charge on any atom is -0.369 e. The molecule has 4 aliphatic rings. The molecule has 0 aromatic carbocycles. The molecular formula is C20H35N3O4S. The van der Waals surface area contributed by atoms with Crippen molar-refractivity contribution >= 4 is 15.9 Å². The molecule has 4 rings (SSSR count). The Labute approximate surface area is 169 Å². The second-order valence-corrected chi connectivity index (χ2v) is 11.7. The highest BCUT2D eigenvalue weighted by atomic mass is 32.2. The van der Waals surface area contributed by atoms with Crippen LogP contribution in [0.3, 0.4) is 0 Å². The van der Waals surface area contributed by atoms with Gasteiger partial charge in [0.1, 0.15) is 5.60 Å². The summed E-state index contributed by atoms with van der Waals surface area (Å²) in [6, 6.07) is 0.704. The maximum atomic E-state index is 12.9. The number of carbonyl (C=O) groups is 1. The molecule has 160 valence electrons. The lowest BCUT2D eigenvalue weighted by Crippen LogP contribution is -2.72. The van der Waals surface area contributed by atoms with E-state index >= 15 is 0 Å². The van der Waals surface area contributed by atoms with Crippen LogP contribution in [0.25, 0.3) is 0 Å². The molecule has 0 radical (unpaired) electrons. The average Bonchev–Trinajstić information content (AvgIpc) is 3.14. The molecule has 2 saturated heterocycles. The third-order valence-corrected chi connectivity index (χ3v) is 9.39. The van der Waals surface area contributed by atoms with Gasteiger partial charge in [0.2, 0.25) is 0 Å². The Balaban J connectivity index is 1.27. The SMILES string of the molecule is CN(C[C@H]1COC2(CN(C(=O)NC3CCCC3)C2)CS1(=O)=O)C1CCCCC1. The third kappa shape index (κ3) is 4.33. The number of amides is 2. The van der Waals surface area contributed by atoms with E-state index in [1.165, 1.54) is 44.9 Å². The molecule has 2 aliphatic carbocycles. The lowest BCUT2D eigenvalue weighted by atomic mass is 9.94. The first-order valence-corrected chi connectivity index (χ1v) is 12.7. The fraction of sp³-hybridized carbons (Fsp3) is 0.950. The second kappa shape index (κ2) is 8.11. The number of ether oxygens (including phenoxy) is 1. The van der Waals surface area contributed by atoms with Crippen molar-refractivity contribution in [2.24, 2.45) is 0 Å². The molecule has 2 saturated carbocycles. The van der Waals surface area contributed by atoms with E-state index in [-0.39, 0.29) is 24.4 Å². The number of nitrogens with zero attached hydrogens (tertiary/aromatic N) is 2. The predicted molar refractivity (Wildman–Crippen MR) is 108 cm³/mol. The summed E-state index contributed by atoms with van der Waals surface area (Å²) in [4.78, 5) is 16.3. The zero-order chi connectivity index (χ0) is 19.8. The Morgan fingerprint density at radius 1 is 1.11 bits per heavy atom. The summed E-state index contributed by atoms with van der Waals surface area (Å²) >= 11 is 0. The van der Waals surface area contributed by atoms with E-state index in [2.05, 4.69) is 10.2 Å². The smallest absolute Gasteiger partial charge is 0.317 e. The van der Waals surface area contributed by atoms with Crippen molar-refractivity contribution in [1.82, 2.24) is 15.1 Å². The third-order valence-electron chi connectivity index (χ3n) is 7.17. The van der Waals surface area contributed by atoms with Gasteiger partial charge < -0.3 is 19.9 Å². The van der Waals surface area contributed by atoms with Crippen molar-refractivity contribution in [2.75, 3.05) is 39.0 Å². The highest BCUT2D eigenvalue weighted by Crippen LogP contribution is 2.33. The molecule has 0 bridgehead atoms. The van der Waals surface area contributed by atoms with Crippen LogP contribution in [0.2, 0.25) is 0 Å². The van der Waals surface area contributed by atoms with E-state index in [1.807, 2.05) is 7.05 Å². The Hall–Kier alpha value is -0.860. The predicted octanol–water partition coefficient (Wildman–Crippen LogP) is 1.77. The maximum absolute atomic E-state index is 12.9.